The molecule has 13 rings (SSSR count). The summed E-state index contributed by atoms with van der Waals surface area (Å²) in [7, 11) is 9.24. The van der Waals surface area contributed by atoms with Crippen molar-refractivity contribution in [3.63, 3.8) is 0 Å². The number of carbonyl (C=O) groups excluding carboxylic acids is 12. The lowest BCUT2D eigenvalue weighted by Crippen LogP contribution is -2.58. The largest absolute Gasteiger partial charge is 0.467 e. The molecule has 10 atom stereocenters. The number of carbonyl (C=O) groups is 12. The van der Waals surface area contributed by atoms with Crippen molar-refractivity contribution in [3.8, 4) is 20.9 Å². The quantitative estimate of drug-likeness (QED) is 0.0139. The van der Waals surface area contributed by atoms with Gasteiger partial charge in [-0.05, 0) is 281 Å². The lowest BCUT2D eigenvalue weighted by Gasteiger charge is -2.39. The third kappa shape index (κ3) is 33.8. The number of morpholine rings is 2. The zero-order chi connectivity index (χ0) is 102. The Morgan fingerprint density at radius 1 is 0.386 bits per heavy atom. The second-order valence-corrected chi connectivity index (χ2v) is 44.4. The van der Waals surface area contributed by atoms with Crippen LogP contribution in [0, 0.1) is 0 Å². The van der Waals surface area contributed by atoms with Crippen LogP contribution in [0.2, 0.25) is 0 Å². The molecule has 34 nitrogen and oxygen atoms in total. The molecule has 4 saturated carbocycles. The molecule has 0 radical (unpaired) electrons. The number of benzene rings is 2. The normalized spacial score (nSPS) is 19.2. The zero-order valence-electron chi connectivity index (χ0n) is 83.2. The van der Waals surface area contributed by atoms with Gasteiger partial charge in [0.05, 0.1) is 102 Å². The van der Waals surface area contributed by atoms with E-state index < -0.39 is 96.2 Å². The average Bonchev–Trinajstić information content (AvgIpc) is 1.62. The minimum atomic E-state index is -1.11. The molecular weight excluding hydrogens is 2010 g/mol. The number of halogens is 2. The van der Waals surface area contributed by atoms with Crippen LogP contribution in [-0.4, -0.2) is 271 Å². The van der Waals surface area contributed by atoms with E-state index in [0.717, 1.165) is 148 Å². The van der Waals surface area contributed by atoms with Gasteiger partial charge in [0.1, 0.15) is 17.3 Å². The molecule has 5 N–H and O–H groups in total. The van der Waals surface area contributed by atoms with Gasteiger partial charge in [0.25, 0.3) is 17.7 Å². The maximum atomic E-state index is 14.2. The maximum Gasteiger partial charge on any atom is 0.410 e. The molecule has 0 spiro atoms. The first-order chi connectivity index (χ1) is 66.8. The molecule has 3 saturated heterocycles. The average molecular weight is 2150 g/mol. The van der Waals surface area contributed by atoms with Crippen LogP contribution in [0.5, 0.6) is 0 Å². The summed E-state index contributed by atoms with van der Waals surface area (Å²) < 4.78 is 64.2. The van der Waals surface area contributed by atoms with Gasteiger partial charge in [-0.3, -0.25) is 14.4 Å². The summed E-state index contributed by atoms with van der Waals surface area (Å²) in [5, 5.41) is 14.5. The molecule has 40 heteroatoms. The summed E-state index contributed by atoms with van der Waals surface area (Å²) in [5.41, 5.74) is 5.50. The fourth-order valence-corrected chi connectivity index (χ4v) is 22.6. The van der Waals surface area contributed by atoms with Crippen LogP contribution in [0.15, 0.2) is 92.5 Å². The number of nitrogens with one attached hydrogen (secondary N) is 5. The number of nitrogens with zero attached hydrogens (tertiary/aromatic N) is 5. The second-order valence-electron chi connectivity index (χ2n) is 37.5. The van der Waals surface area contributed by atoms with E-state index in [-0.39, 0.29) is 86.2 Å². The van der Waals surface area contributed by atoms with Gasteiger partial charge in [-0.15, -0.1) is 45.3 Å². The molecule has 7 fully saturated rings. The summed E-state index contributed by atoms with van der Waals surface area (Å²) in [4.78, 5) is 165. The molecule has 140 heavy (non-hydrogen) atoms. The smallest absolute Gasteiger partial charge is 0.410 e. The predicted octanol–water partition coefficient (Wildman–Crippen LogP) is 17.4. The highest BCUT2D eigenvalue weighted by molar-refractivity contribution is 9.11. The Morgan fingerprint density at radius 2 is 0.686 bits per heavy atom. The van der Waals surface area contributed by atoms with Crippen molar-refractivity contribution in [2.75, 3.05) is 102 Å². The summed E-state index contributed by atoms with van der Waals surface area (Å²) in [6.07, 6.45) is 7.79. The molecule has 0 bridgehead atoms. The molecule has 9 amide bonds. The van der Waals surface area contributed by atoms with E-state index in [1.165, 1.54) is 97.1 Å². The number of methoxy groups -OCH3 is 7. The third-order valence-corrected chi connectivity index (χ3v) is 31.2. The summed E-state index contributed by atoms with van der Waals surface area (Å²) in [5.74, 6) is -2.32. The molecular formula is C100H138Br2N10O24S4. The molecule has 7 aliphatic rings. The van der Waals surface area contributed by atoms with Crippen molar-refractivity contribution < 1.29 is 114 Å². The molecule has 770 valence electrons. The molecule has 6 aromatic rings. The Labute approximate surface area is 853 Å². The van der Waals surface area contributed by atoms with E-state index in [2.05, 4.69) is 140 Å². The van der Waals surface area contributed by atoms with Crippen LogP contribution >= 0.6 is 77.2 Å². The number of amides is 9. The van der Waals surface area contributed by atoms with E-state index in [0.29, 0.717) is 45.1 Å². The lowest BCUT2D eigenvalue weighted by atomic mass is 10.0. The minimum absolute atomic E-state index is 0.0240. The Kier molecular flexibility index (Phi) is 43.1. The Hall–Kier alpha value is -9.52. The number of hydrogen-bond acceptors (Lipinski definition) is 29. The van der Waals surface area contributed by atoms with Gasteiger partial charge < -0.3 is 108 Å². The number of rotatable bonds is 36. The van der Waals surface area contributed by atoms with Gasteiger partial charge in [0.2, 0.25) is 0 Å². The van der Waals surface area contributed by atoms with Gasteiger partial charge in [0.15, 0.2) is 30.5 Å². The summed E-state index contributed by atoms with van der Waals surface area (Å²) in [6.45, 7) is 20.8. The predicted molar refractivity (Wildman–Crippen MR) is 539 cm³/mol. The molecule has 3 aliphatic heterocycles. The minimum Gasteiger partial charge on any atom is -0.467 e. The number of alkyl carbamates (subject to hydrolysis) is 4. The fraction of sp³-hybridized carbons (Fsp3) is 0.600. The van der Waals surface area contributed by atoms with Crippen LogP contribution in [0.1, 0.15) is 231 Å². The highest BCUT2D eigenvalue weighted by Crippen LogP contribution is 2.47. The summed E-state index contributed by atoms with van der Waals surface area (Å²) >= 11 is 14.0. The highest BCUT2D eigenvalue weighted by atomic mass is 79.9. The number of aryl methyl sites for hydroxylation is 4. The van der Waals surface area contributed by atoms with Crippen molar-refractivity contribution in [1.29, 1.82) is 0 Å². The maximum absolute atomic E-state index is 14.2. The first kappa shape index (κ1) is 112. The molecule has 4 aromatic heterocycles. The van der Waals surface area contributed by atoms with E-state index in [9.17, 15) is 57.5 Å². The van der Waals surface area contributed by atoms with Crippen LogP contribution in [0.25, 0.3) is 20.9 Å². The van der Waals surface area contributed by atoms with Crippen molar-refractivity contribution in [1.82, 2.24) is 51.1 Å². The monoisotopic (exact) mass is 2150 g/mol. The van der Waals surface area contributed by atoms with E-state index in [1.54, 1.807) is 86.9 Å². The molecule has 0 unspecified atom stereocenters. The SMILES string of the molecule is COC(=O)NCCCc1cc([C@@H](C)N(C(=O)[C@H]2CCC[C@@H](C(=O)OC)O2)C2CC2)sc1-c1ccccc1.COC(=O)NCCCc1cc([C@@H](C)N(C(=O)[C@H]2CN(C(=O)OC(C)(C)C)C[C@@H](C(=O)OC)O2)C2CC2)sc1-c1ccccc1.COC(=O)NCCCc1cc([C@@H](C)N(C(=O)[C@H]2CN(C(=O)OC(C)(C)C)C[C@@H](C(=O)OC)O2)C2CC2)sc1Br.COC(=O)NCCCc1cc([C@@H](C)NC2CC2)sc1Br. The van der Waals surface area contributed by atoms with E-state index in [4.69, 9.17) is 37.9 Å². The summed E-state index contributed by atoms with van der Waals surface area (Å²) in [6, 6.07) is 29.8. The fourth-order valence-electron chi connectivity index (χ4n) is 16.4. The number of thiophene rings is 4. The Bertz CT molecular complexity index is 5130. The van der Waals surface area contributed by atoms with Crippen LogP contribution < -0.4 is 26.6 Å². The first-order valence-corrected chi connectivity index (χ1v) is 52.7. The van der Waals surface area contributed by atoms with E-state index in [1.807, 2.05) is 64.9 Å². The van der Waals surface area contributed by atoms with Crippen molar-refractivity contribution in [2.45, 2.75) is 287 Å². The van der Waals surface area contributed by atoms with Gasteiger partial charge in [-0.2, -0.15) is 0 Å². The van der Waals surface area contributed by atoms with Crippen molar-refractivity contribution in [2.24, 2.45) is 0 Å². The second kappa shape index (κ2) is 53.7. The standard InChI is InChI=1S/C32H43N3O8S.C28H36N2O6S.C26H38BrN3O8S.C14H21BrN2O2S/c1-20(26-17-22(13-10-16-33-30(38)41-6)27(44-26)21-11-8-7-9-12-21)35(23-14-15-23)28(36)24-18-34(31(39)43-32(2,3)4)19-25(42-24)29(37)40-5;1-18(30(21-14-15-21)26(31)22-12-7-13-23(36-22)27(32)34-2)24-17-20(11-8-16-29-28(33)35-3)25(37-24)19-9-5-4-6-10-19;1-15(20-12-16(21(27)39-20)8-7-11-28-24(33)36-6)30(17-9-10-17)22(31)18-13-29(25(34)38-26(2,3)4)14-19(37-18)23(32)35-5;1-9(17-11-5-6-11)12-8-10(13(15)20-12)4-3-7-16-14(18)19-2/h7-9,11-12,17,20,23-25H,10,13-16,18-19H2,1-6H3,(H,33,38);4-6,9-10,17-18,21-23H,7-8,11-16H2,1-3H3,(H,29,33);12,15,17-19H,7-11,13-14H2,1-6H3,(H,28,33);8-9,11,17H,3-7H2,1-2H3,(H,16,18)/t20-,24-,25+;18-,22-,23+;15-,18-,19+;9-/m1111/s1. The molecule has 2 aromatic carbocycles. The lowest BCUT2D eigenvalue weighted by molar-refractivity contribution is -0.176. The molecule has 4 aliphatic carbocycles. The highest BCUT2D eigenvalue weighted by Gasteiger charge is 2.49. The van der Waals surface area contributed by atoms with Gasteiger partial charge in [-0.25, -0.2) is 43.2 Å². The van der Waals surface area contributed by atoms with Crippen LogP contribution in [-0.2, 0) is 111 Å². The van der Waals surface area contributed by atoms with E-state index >= 15 is 0 Å². The van der Waals surface area contributed by atoms with Gasteiger partial charge >= 0.3 is 54.5 Å². The first-order valence-electron chi connectivity index (χ1n) is 47.9. The van der Waals surface area contributed by atoms with Crippen LogP contribution in [0.4, 0.5) is 28.8 Å². The van der Waals surface area contributed by atoms with Gasteiger partial charge in [-0.1, -0.05) is 60.7 Å². The third-order valence-electron chi connectivity index (χ3n) is 24.1. The Morgan fingerprint density at radius 3 is 1.02 bits per heavy atom. The van der Waals surface area contributed by atoms with Crippen molar-refractivity contribution >= 4 is 149 Å². The molecule has 7 heterocycles. The number of hydrogen-bond donors (Lipinski definition) is 5. The van der Waals surface area contributed by atoms with Crippen molar-refractivity contribution in [3.05, 3.63) is 134 Å². The topological polar surface area (TPSA) is 392 Å². The Balaban J connectivity index is 0.000000198. The number of esters is 3. The van der Waals surface area contributed by atoms with Crippen LogP contribution in [0.3, 0.4) is 0 Å². The van der Waals surface area contributed by atoms with Gasteiger partial charge in [0, 0.05) is 85.7 Å². The zero-order valence-corrected chi connectivity index (χ0v) is 89.6. The number of ether oxygens (including phenoxy) is 12.